The molecule has 1 aromatic rings. The Morgan fingerprint density at radius 3 is 2.54 bits per heavy atom. The number of fused-ring (bicyclic) bond motifs is 1. The molecule has 1 aliphatic rings. The van der Waals surface area contributed by atoms with Gasteiger partial charge in [0.05, 0.1) is 20.3 Å². The van der Waals surface area contributed by atoms with Gasteiger partial charge in [0.15, 0.2) is 0 Å². The van der Waals surface area contributed by atoms with Gasteiger partial charge in [-0.2, -0.15) is 0 Å². The first-order valence-electron chi connectivity index (χ1n) is 8.46. The molecule has 26 heavy (non-hydrogen) atoms. The van der Waals surface area contributed by atoms with Crippen molar-refractivity contribution in [1.82, 2.24) is 0 Å². The number of methoxy groups -OCH3 is 2. The largest absolute Gasteiger partial charge is 0.466 e. The van der Waals surface area contributed by atoms with Gasteiger partial charge in [-0.15, -0.1) is 0 Å². The molecule has 1 aromatic carbocycles. The highest BCUT2D eigenvalue weighted by molar-refractivity contribution is 5.99. The third kappa shape index (κ3) is 4.41. The quantitative estimate of drug-likeness (QED) is 0.640. The molecule has 0 radical (unpaired) electrons. The highest BCUT2D eigenvalue weighted by atomic mass is 16.5. The average Bonchev–Trinajstić information content (AvgIpc) is 2.65. The van der Waals surface area contributed by atoms with E-state index in [2.05, 4.69) is 10.1 Å². The van der Waals surface area contributed by atoms with Gasteiger partial charge in [0, 0.05) is 23.8 Å². The van der Waals surface area contributed by atoms with Crippen LogP contribution in [0.2, 0.25) is 0 Å². The number of ether oxygens (including phenoxy) is 2. The number of anilines is 2. The first kappa shape index (κ1) is 19.5. The molecule has 7 heteroatoms. The zero-order valence-electron chi connectivity index (χ0n) is 15.5. The lowest BCUT2D eigenvalue weighted by atomic mass is 9.99. The second kappa shape index (κ2) is 8.51. The van der Waals surface area contributed by atoms with Crippen molar-refractivity contribution in [2.75, 3.05) is 31.0 Å². The molecule has 0 aromatic heterocycles. The zero-order valence-corrected chi connectivity index (χ0v) is 15.5. The van der Waals surface area contributed by atoms with E-state index in [4.69, 9.17) is 4.74 Å². The van der Waals surface area contributed by atoms with Crippen LogP contribution in [-0.2, 0) is 30.3 Å². The topological polar surface area (TPSA) is 84.9 Å². The van der Waals surface area contributed by atoms with E-state index < -0.39 is 11.9 Å². The first-order valence-corrected chi connectivity index (χ1v) is 8.46. The fourth-order valence-corrected chi connectivity index (χ4v) is 2.78. The lowest BCUT2D eigenvalue weighted by Crippen LogP contribution is -2.38. The van der Waals surface area contributed by atoms with Crippen LogP contribution in [0.3, 0.4) is 0 Å². The van der Waals surface area contributed by atoms with E-state index in [1.165, 1.54) is 14.2 Å². The Bertz CT molecular complexity index is 739. The molecule has 140 valence electrons. The molecule has 0 unspecified atom stereocenters. The monoisotopic (exact) mass is 360 g/mol. The van der Waals surface area contributed by atoms with E-state index in [1.54, 1.807) is 11.0 Å². The number of carbonyl (C=O) groups excluding carboxylic acids is 3. The SMILES string of the molecule is COC(=O)/C=C(/Nc1ccc2c(c1)N(C(=O)C(C)C)CCC2)C(=O)OC. The summed E-state index contributed by atoms with van der Waals surface area (Å²) in [5.41, 5.74) is 2.43. The number of rotatable bonds is 5. The molecule has 1 aliphatic heterocycles. The van der Waals surface area contributed by atoms with Crippen molar-refractivity contribution < 1.29 is 23.9 Å². The molecule has 0 aliphatic carbocycles. The van der Waals surface area contributed by atoms with Crippen molar-refractivity contribution in [3.63, 3.8) is 0 Å². The minimum Gasteiger partial charge on any atom is -0.466 e. The first-order chi connectivity index (χ1) is 12.4. The Balaban J connectivity index is 2.35. The summed E-state index contributed by atoms with van der Waals surface area (Å²) in [6.07, 6.45) is 2.83. The molecular weight excluding hydrogens is 336 g/mol. The Labute approximate surface area is 153 Å². The van der Waals surface area contributed by atoms with Crippen molar-refractivity contribution in [3.05, 3.63) is 35.5 Å². The van der Waals surface area contributed by atoms with Crippen LogP contribution in [0, 0.1) is 5.92 Å². The Morgan fingerprint density at radius 1 is 1.19 bits per heavy atom. The Kier molecular flexibility index (Phi) is 6.38. The maximum Gasteiger partial charge on any atom is 0.354 e. The van der Waals surface area contributed by atoms with Gasteiger partial charge in [-0.25, -0.2) is 9.59 Å². The van der Waals surface area contributed by atoms with Gasteiger partial charge in [0.25, 0.3) is 0 Å². The number of nitrogens with zero attached hydrogens (tertiary/aromatic N) is 1. The fraction of sp³-hybridized carbons (Fsp3) is 0.421. The molecule has 0 saturated heterocycles. The number of hydrogen-bond acceptors (Lipinski definition) is 6. The van der Waals surface area contributed by atoms with Crippen LogP contribution in [0.25, 0.3) is 0 Å². The van der Waals surface area contributed by atoms with Gasteiger partial charge < -0.3 is 19.7 Å². The van der Waals surface area contributed by atoms with Gasteiger partial charge >= 0.3 is 11.9 Å². The summed E-state index contributed by atoms with van der Waals surface area (Å²) < 4.78 is 9.25. The van der Waals surface area contributed by atoms with Crippen LogP contribution in [0.15, 0.2) is 30.0 Å². The molecule has 0 saturated carbocycles. The van der Waals surface area contributed by atoms with Gasteiger partial charge in [-0.1, -0.05) is 19.9 Å². The van der Waals surface area contributed by atoms with Crippen molar-refractivity contribution in [2.24, 2.45) is 5.92 Å². The number of aryl methyl sites for hydroxylation is 1. The minimum atomic E-state index is -0.691. The van der Waals surface area contributed by atoms with E-state index in [0.29, 0.717) is 12.2 Å². The molecule has 2 rings (SSSR count). The predicted octanol–water partition coefficient (Wildman–Crippen LogP) is 2.26. The molecule has 1 N–H and O–H groups in total. The predicted molar refractivity (Wildman–Crippen MR) is 97.7 cm³/mol. The van der Waals surface area contributed by atoms with Crippen molar-refractivity contribution in [1.29, 1.82) is 0 Å². The second-order valence-electron chi connectivity index (χ2n) is 6.29. The van der Waals surface area contributed by atoms with Crippen LogP contribution in [0.1, 0.15) is 25.8 Å². The minimum absolute atomic E-state index is 0.0446. The molecule has 0 atom stereocenters. The normalized spacial score (nSPS) is 13.9. The van der Waals surface area contributed by atoms with E-state index in [1.807, 2.05) is 26.0 Å². The third-order valence-corrected chi connectivity index (χ3v) is 4.11. The van der Waals surface area contributed by atoms with E-state index in [9.17, 15) is 14.4 Å². The second-order valence-corrected chi connectivity index (χ2v) is 6.29. The number of esters is 2. The molecule has 1 heterocycles. The summed E-state index contributed by atoms with van der Waals surface area (Å²) in [5.74, 6) is -1.42. The maximum atomic E-state index is 12.5. The zero-order chi connectivity index (χ0) is 19.3. The summed E-state index contributed by atoms with van der Waals surface area (Å²) in [5, 5.41) is 2.88. The van der Waals surface area contributed by atoms with Crippen molar-refractivity contribution >= 4 is 29.2 Å². The summed E-state index contributed by atoms with van der Waals surface area (Å²) in [7, 11) is 2.45. The fourth-order valence-electron chi connectivity index (χ4n) is 2.78. The average molecular weight is 360 g/mol. The van der Waals surface area contributed by atoms with Gasteiger partial charge in [-0.3, -0.25) is 4.79 Å². The highest BCUT2D eigenvalue weighted by Gasteiger charge is 2.25. The van der Waals surface area contributed by atoms with Crippen LogP contribution in [0.5, 0.6) is 0 Å². The summed E-state index contributed by atoms with van der Waals surface area (Å²) in [4.78, 5) is 37.6. The number of carbonyl (C=O) groups is 3. The highest BCUT2D eigenvalue weighted by Crippen LogP contribution is 2.31. The molecule has 0 bridgehead atoms. The van der Waals surface area contributed by atoms with Crippen LogP contribution in [-0.4, -0.2) is 38.6 Å². The van der Waals surface area contributed by atoms with Crippen molar-refractivity contribution in [3.8, 4) is 0 Å². The number of amides is 1. The van der Waals surface area contributed by atoms with Crippen LogP contribution < -0.4 is 10.2 Å². The van der Waals surface area contributed by atoms with Crippen LogP contribution in [0.4, 0.5) is 11.4 Å². The molecule has 1 amide bonds. The van der Waals surface area contributed by atoms with Crippen LogP contribution >= 0.6 is 0 Å². The molecule has 7 nitrogen and oxygen atoms in total. The van der Waals surface area contributed by atoms with Gasteiger partial charge in [0.2, 0.25) is 5.91 Å². The van der Waals surface area contributed by atoms with E-state index >= 15 is 0 Å². The Hall–Kier alpha value is -2.83. The van der Waals surface area contributed by atoms with E-state index in [-0.39, 0.29) is 17.5 Å². The lowest BCUT2D eigenvalue weighted by Gasteiger charge is -2.31. The standard InChI is InChI=1S/C19H24N2O5/c1-12(2)18(23)21-9-5-6-13-7-8-14(10-16(13)21)20-15(19(24)26-4)11-17(22)25-3/h7-8,10-12,20H,5-6,9H2,1-4H3/b15-11+. The Morgan fingerprint density at radius 2 is 1.92 bits per heavy atom. The lowest BCUT2D eigenvalue weighted by molar-refractivity contribution is -0.138. The maximum absolute atomic E-state index is 12.5. The molecule has 0 fully saturated rings. The summed E-state index contributed by atoms with van der Waals surface area (Å²) in [6.45, 7) is 4.40. The smallest absolute Gasteiger partial charge is 0.354 e. The van der Waals surface area contributed by atoms with Gasteiger partial charge in [-0.05, 0) is 30.5 Å². The van der Waals surface area contributed by atoms with E-state index in [0.717, 1.165) is 30.2 Å². The number of hydrogen-bond donors (Lipinski definition) is 1. The summed E-state index contributed by atoms with van der Waals surface area (Å²) >= 11 is 0. The molecule has 0 spiro atoms. The molecular formula is C19H24N2O5. The van der Waals surface area contributed by atoms with Gasteiger partial charge in [0.1, 0.15) is 5.70 Å². The summed E-state index contributed by atoms with van der Waals surface area (Å²) in [6, 6.07) is 5.53. The third-order valence-electron chi connectivity index (χ3n) is 4.11. The number of nitrogens with one attached hydrogen (secondary N) is 1. The number of benzene rings is 1. The van der Waals surface area contributed by atoms with Crippen molar-refractivity contribution in [2.45, 2.75) is 26.7 Å².